The lowest BCUT2D eigenvalue weighted by Crippen LogP contribution is -3.12. The molecule has 0 atom stereocenters. The van der Waals surface area contributed by atoms with Crippen molar-refractivity contribution in [1.82, 2.24) is 19.3 Å². The number of hydrogen-bond donors (Lipinski definition) is 2. The molecule has 0 aliphatic carbocycles. The molecule has 0 amide bonds. The van der Waals surface area contributed by atoms with E-state index in [1.54, 1.807) is 6.20 Å². The van der Waals surface area contributed by atoms with Crippen LogP contribution in [0.3, 0.4) is 0 Å². The van der Waals surface area contributed by atoms with E-state index in [1.807, 2.05) is 23.0 Å². The monoisotopic (exact) mass is 424 g/mol. The molecule has 0 bridgehead atoms. The number of aryl methyl sites for hydroxylation is 2. The van der Waals surface area contributed by atoms with Gasteiger partial charge in [-0.2, -0.15) is 4.68 Å². The van der Waals surface area contributed by atoms with Crippen molar-refractivity contribution in [2.75, 3.05) is 13.1 Å². The number of piperidine rings is 1. The number of hydrogen-bond acceptors (Lipinski definition) is 4. The van der Waals surface area contributed by atoms with Crippen molar-refractivity contribution in [3.05, 3.63) is 58.6 Å². The summed E-state index contributed by atoms with van der Waals surface area (Å²) in [7, 11) is 0. The normalized spacial score (nSPS) is 19.2. The average molecular weight is 425 g/mol. The smallest absolute Gasteiger partial charge is 0.207 e. The molecule has 0 spiro atoms. The second-order valence-electron chi connectivity index (χ2n) is 7.95. The molecule has 30 heavy (non-hydrogen) atoms. The van der Waals surface area contributed by atoms with Crippen LogP contribution in [0.1, 0.15) is 37.8 Å². The highest BCUT2D eigenvalue weighted by atomic mass is 32.1. The van der Waals surface area contributed by atoms with E-state index in [9.17, 15) is 5.11 Å². The van der Waals surface area contributed by atoms with Gasteiger partial charge in [-0.3, -0.25) is 9.55 Å². The van der Waals surface area contributed by atoms with E-state index in [0.717, 1.165) is 55.8 Å². The van der Waals surface area contributed by atoms with Gasteiger partial charge in [-0.05, 0) is 48.3 Å². The van der Waals surface area contributed by atoms with Crippen molar-refractivity contribution in [2.45, 2.75) is 52.3 Å². The molecule has 3 aromatic rings. The first-order valence-electron chi connectivity index (χ1n) is 10.8. The van der Waals surface area contributed by atoms with Crippen molar-refractivity contribution < 1.29 is 10.0 Å². The van der Waals surface area contributed by atoms with Gasteiger partial charge in [0.25, 0.3) is 0 Å². The zero-order chi connectivity index (χ0) is 21.1. The molecule has 3 heterocycles. The van der Waals surface area contributed by atoms with Crippen LogP contribution in [0.4, 0.5) is 0 Å². The molecule has 7 heteroatoms. The summed E-state index contributed by atoms with van der Waals surface area (Å²) < 4.78 is 4.81. The molecule has 1 aliphatic heterocycles. The van der Waals surface area contributed by atoms with E-state index in [0.29, 0.717) is 11.4 Å². The molecule has 0 radical (unpaired) electrons. The van der Waals surface area contributed by atoms with Crippen LogP contribution < -0.4 is 4.90 Å². The Kier molecular flexibility index (Phi) is 6.41. The largest absolute Gasteiger partial charge is 0.393 e. The fraction of sp³-hybridized carbons (Fsp3) is 0.435. The first kappa shape index (κ1) is 20.9. The maximum absolute atomic E-state index is 9.84. The number of aliphatic hydroxyl groups excluding tert-OH is 1. The van der Waals surface area contributed by atoms with Gasteiger partial charge in [-0.25, -0.2) is 0 Å². The quantitative estimate of drug-likeness (QED) is 0.597. The Morgan fingerprint density at radius 3 is 2.40 bits per heavy atom. The molecule has 1 saturated heterocycles. The lowest BCUT2D eigenvalue weighted by Gasteiger charge is -2.26. The maximum Gasteiger partial charge on any atom is 0.207 e. The molecule has 1 aromatic carbocycles. The number of pyridine rings is 1. The van der Waals surface area contributed by atoms with Gasteiger partial charge in [-0.15, -0.1) is 5.10 Å². The Morgan fingerprint density at radius 1 is 1.10 bits per heavy atom. The Hall–Kier alpha value is -2.35. The molecule has 2 aromatic heterocycles. The minimum absolute atomic E-state index is 0.172. The minimum atomic E-state index is -0.172. The molecule has 158 valence electrons. The standard InChI is InChI=1S/C23H29N5OS/c1-3-17-7-5-8-18(4-2)21(17)28-22(19-9-6-12-24-15-19)25-27(23(28)30)16-26-13-10-20(29)11-14-26/h5-9,12,15,20,29H,3-4,10-11,13-14,16H2,1-2H3/p+1. The number of benzene rings is 1. The molecular weight excluding hydrogens is 394 g/mol. The molecule has 1 aliphatic rings. The molecule has 0 unspecified atom stereocenters. The van der Waals surface area contributed by atoms with Crippen molar-refractivity contribution in [3.8, 4) is 17.1 Å². The fourth-order valence-electron chi connectivity index (χ4n) is 4.28. The summed E-state index contributed by atoms with van der Waals surface area (Å²) in [6.45, 7) is 6.94. The highest BCUT2D eigenvalue weighted by Gasteiger charge is 2.24. The number of nitrogens with zero attached hydrogens (tertiary/aromatic N) is 4. The summed E-state index contributed by atoms with van der Waals surface area (Å²) in [5, 5.41) is 14.8. The number of para-hydroxylation sites is 1. The van der Waals surface area contributed by atoms with Gasteiger partial charge in [0.1, 0.15) is 0 Å². The summed E-state index contributed by atoms with van der Waals surface area (Å²) in [5.41, 5.74) is 4.65. The van der Waals surface area contributed by atoms with Crippen LogP contribution >= 0.6 is 12.2 Å². The highest BCUT2D eigenvalue weighted by molar-refractivity contribution is 7.71. The summed E-state index contributed by atoms with van der Waals surface area (Å²) in [5.74, 6) is 0.833. The number of rotatable bonds is 6. The van der Waals surface area contributed by atoms with Crippen molar-refractivity contribution in [2.24, 2.45) is 0 Å². The number of aromatic nitrogens is 4. The van der Waals surface area contributed by atoms with E-state index in [-0.39, 0.29) is 6.10 Å². The van der Waals surface area contributed by atoms with E-state index < -0.39 is 0 Å². The third-order valence-electron chi connectivity index (χ3n) is 5.98. The van der Waals surface area contributed by atoms with Crippen LogP contribution in [0, 0.1) is 4.77 Å². The summed E-state index contributed by atoms with van der Waals surface area (Å²) in [4.78, 5) is 5.72. The van der Waals surface area contributed by atoms with E-state index in [2.05, 4.69) is 41.6 Å². The lowest BCUT2D eigenvalue weighted by molar-refractivity contribution is -0.929. The Bertz CT molecular complexity index is 1030. The predicted octanol–water partition coefficient (Wildman–Crippen LogP) is 2.59. The highest BCUT2D eigenvalue weighted by Crippen LogP contribution is 2.28. The fourth-order valence-corrected chi connectivity index (χ4v) is 4.56. The van der Waals surface area contributed by atoms with E-state index in [4.69, 9.17) is 17.3 Å². The van der Waals surface area contributed by atoms with Gasteiger partial charge >= 0.3 is 0 Å². The van der Waals surface area contributed by atoms with Gasteiger partial charge in [0.2, 0.25) is 4.77 Å². The molecular formula is C23H30N5OS+. The third-order valence-corrected chi connectivity index (χ3v) is 6.38. The van der Waals surface area contributed by atoms with Crippen molar-refractivity contribution in [1.29, 1.82) is 0 Å². The number of aliphatic hydroxyl groups is 1. The van der Waals surface area contributed by atoms with Crippen LogP contribution in [0.25, 0.3) is 17.1 Å². The number of likely N-dealkylation sites (tertiary alicyclic amines) is 1. The number of nitrogens with one attached hydrogen (secondary N) is 1. The van der Waals surface area contributed by atoms with Crippen LogP contribution in [0.5, 0.6) is 0 Å². The minimum Gasteiger partial charge on any atom is -0.393 e. The van der Waals surface area contributed by atoms with Gasteiger partial charge in [-0.1, -0.05) is 32.0 Å². The van der Waals surface area contributed by atoms with E-state index in [1.165, 1.54) is 16.0 Å². The average Bonchev–Trinajstić information content (AvgIpc) is 3.10. The first-order chi connectivity index (χ1) is 14.6. The maximum atomic E-state index is 9.84. The van der Waals surface area contributed by atoms with Crippen molar-refractivity contribution >= 4 is 12.2 Å². The van der Waals surface area contributed by atoms with Crippen LogP contribution in [0.15, 0.2) is 42.7 Å². The van der Waals surface area contributed by atoms with Crippen LogP contribution in [-0.2, 0) is 19.5 Å². The second kappa shape index (κ2) is 9.20. The Balaban J connectivity index is 1.86. The predicted molar refractivity (Wildman–Crippen MR) is 120 cm³/mol. The SMILES string of the molecule is CCc1cccc(CC)c1-n1c(-c2cccnc2)nn(C[NH+]2CCC(O)CC2)c1=S. The zero-order valence-corrected chi connectivity index (χ0v) is 18.5. The van der Waals surface area contributed by atoms with Crippen LogP contribution in [-0.4, -0.2) is 43.6 Å². The number of quaternary nitrogens is 1. The zero-order valence-electron chi connectivity index (χ0n) is 17.7. The molecule has 6 nitrogen and oxygen atoms in total. The summed E-state index contributed by atoms with van der Waals surface area (Å²) >= 11 is 5.98. The third kappa shape index (κ3) is 4.10. The van der Waals surface area contributed by atoms with Crippen LogP contribution in [0.2, 0.25) is 0 Å². The molecule has 1 fully saturated rings. The summed E-state index contributed by atoms with van der Waals surface area (Å²) in [6.07, 6.45) is 6.97. The molecule has 2 N–H and O–H groups in total. The van der Waals surface area contributed by atoms with Gasteiger partial charge in [0, 0.05) is 30.8 Å². The van der Waals surface area contributed by atoms with Crippen molar-refractivity contribution in [3.63, 3.8) is 0 Å². The molecule has 4 rings (SSSR count). The van der Waals surface area contributed by atoms with Gasteiger partial charge in [0.15, 0.2) is 12.5 Å². The van der Waals surface area contributed by atoms with Gasteiger partial charge in [0.05, 0.1) is 24.9 Å². The molecule has 0 saturated carbocycles. The lowest BCUT2D eigenvalue weighted by atomic mass is 10.0. The van der Waals surface area contributed by atoms with E-state index >= 15 is 0 Å². The van der Waals surface area contributed by atoms with Gasteiger partial charge < -0.3 is 10.0 Å². The second-order valence-corrected chi connectivity index (χ2v) is 8.32. The summed E-state index contributed by atoms with van der Waals surface area (Å²) in [6, 6.07) is 10.5. The topological polar surface area (TPSA) is 60.3 Å². The Morgan fingerprint density at radius 2 is 1.80 bits per heavy atom. The first-order valence-corrected chi connectivity index (χ1v) is 11.3. The Labute approximate surface area is 182 Å².